The molecular formula is C18H17AlNO2. The molecule has 0 fully saturated rings. The van der Waals surface area contributed by atoms with E-state index in [1.807, 2.05) is 43.3 Å². The fraction of sp³-hybridized carbons (Fsp3) is 0.167. The molecule has 0 unspecified atom stereocenters. The van der Waals surface area contributed by atoms with E-state index in [-0.39, 0.29) is 0 Å². The summed E-state index contributed by atoms with van der Waals surface area (Å²) < 4.78 is 11.7. The van der Waals surface area contributed by atoms with Gasteiger partial charge >= 0.3 is 15.9 Å². The lowest BCUT2D eigenvalue weighted by Crippen LogP contribution is -2.12. The summed E-state index contributed by atoms with van der Waals surface area (Å²) >= 11 is -0.632. The number of hydrogen-bond donors (Lipinski definition) is 0. The minimum absolute atomic E-state index is 0.632. The SMILES string of the molecule is Cc1ccc2cccc([O][Al][O]c3cccc(C)c3C)c2n1. The van der Waals surface area contributed by atoms with E-state index < -0.39 is 15.9 Å². The van der Waals surface area contributed by atoms with Crippen LogP contribution < -0.4 is 7.58 Å². The molecular weight excluding hydrogens is 289 g/mol. The van der Waals surface area contributed by atoms with Crippen LogP contribution in [0.25, 0.3) is 10.9 Å². The fourth-order valence-electron chi connectivity index (χ4n) is 2.29. The van der Waals surface area contributed by atoms with Crippen molar-refractivity contribution in [1.82, 2.24) is 4.98 Å². The maximum absolute atomic E-state index is 5.87. The van der Waals surface area contributed by atoms with Crippen LogP contribution in [-0.4, -0.2) is 20.9 Å². The number of aryl methyl sites for hydroxylation is 2. The maximum atomic E-state index is 5.87. The standard InChI is InChI=1S/C10H9NO.C8H10O.Al/c1-7-5-6-8-3-2-4-9(12)10(8)11-7;1-6-4-3-5-8(9)7(6)2;/h2-6,12H,1H3;3-5,9H,1-2H3;/q;;+2/p-2. The molecule has 0 N–H and O–H groups in total. The fourth-order valence-corrected chi connectivity index (χ4v) is 2.99. The van der Waals surface area contributed by atoms with E-state index in [9.17, 15) is 0 Å². The molecule has 0 saturated heterocycles. The zero-order valence-corrected chi connectivity index (χ0v) is 14.1. The van der Waals surface area contributed by atoms with Crippen LogP contribution in [0, 0.1) is 20.8 Å². The zero-order valence-electron chi connectivity index (χ0n) is 13.0. The summed E-state index contributed by atoms with van der Waals surface area (Å²) in [6.45, 7) is 6.12. The lowest BCUT2D eigenvalue weighted by molar-refractivity contribution is 0.459. The van der Waals surface area contributed by atoms with Crippen LogP contribution in [0.1, 0.15) is 16.8 Å². The quantitative estimate of drug-likeness (QED) is 0.678. The van der Waals surface area contributed by atoms with Crippen LogP contribution >= 0.6 is 0 Å². The average Bonchev–Trinajstić information content (AvgIpc) is 2.52. The first-order chi connectivity index (χ1) is 10.6. The molecule has 3 rings (SSSR count). The molecule has 4 heteroatoms. The van der Waals surface area contributed by atoms with E-state index in [1.54, 1.807) is 0 Å². The highest BCUT2D eigenvalue weighted by atomic mass is 27.2. The molecule has 3 nitrogen and oxygen atoms in total. The van der Waals surface area contributed by atoms with Gasteiger partial charge in [-0.15, -0.1) is 0 Å². The molecule has 0 spiro atoms. The average molecular weight is 306 g/mol. The van der Waals surface area contributed by atoms with Crippen molar-refractivity contribution < 1.29 is 7.58 Å². The van der Waals surface area contributed by atoms with Crippen molar-refractivity contribution in [3.8, 4) is 11.5 Å². The number of rotatable bonds is 4. The largest absolute Gasteiger partial charge is 0.881 e. The first-order valence-electron chi connectivity index (χ1n) is 7.23. The number of aromatic nitrogens is 1. The van der Waals surface area contributed by atoms with Crippen LogP contribution in [-0.2, 0) is 0 Å². The molecule has 1 aromatic heterocycles. The summed E-state index contributed by atoms with van der Waals surface area (Å²) in [7, 11) is 0. The third kappa shape index (κ3) is 3.09. The van der Waals surface area contributed by atoms with Gasteiger partial charge in [0.05, 0.1) is 5.75 Å². The number of fused-ring (bicyclic) bond motifs is 1. The van der Waals surface area contributed by atoms with Gasteiger partial charge in [0, 0.05) is 11.1 Å². The predicted octanol–water partition coefficient (Wildman–Crippen LogP) is 4.15. The van der Waals surface area contributed by atoms with Crippen molar-refractivity contribution in [2.45, 2.75) is 20.8 Å². The Kier molecular flexibility index (Phi) is 4.33. The Morgan fingerprint density at radius 2 is 1.55 bits per heavy atom. The molecule has 3 aromatic rings. The molecule has 0 aliphatic rings. The number of hydrogen-bond acceptors (Lipinski definition) is 3. The van der Waals surface area contributed by atoms with E-state index in [4.69, 9.17) is 7.58 Å². The lowest BCUT2D eigenvalue weighted by Gasteiger charge is -2.13. The van der Waals surface area contributed by atoms with Crippen LogP contribution in [0.4, 0.5) is 0 Å². The highest BCUT2D eigenvalue weighted by Gasteiger charge is 2.11. The Balaban J connectivity index is 1.77. The van der Waals surface area contributed by atoms with Crippen molar-refractivity contribution in [3.05, 3.63) is 65.4 Å². The van der Waals surface area contributed by atoms with Crippen molar-refractivity contribution in [3.63, 3.8) is 0 Å². The molecule has 0 saturated carbocycles. The predicted molar refractivity (Wildman–Crippen MR) is 89.4 cm³/mol. The van der Waals surface area contributed by atoms with Crippen LogP contribution in [0.5, 0.6) is 11.5 Å². The van der Waals surface area contributed by atoms with E-state index in [0.29, 0.717) is 0 Å². The second-order valence-electron chi connectivity index (χ2n) is 5.31. The molecule has 1 radical (unpaired) electrons. The lowest BCUT2D eigenvalue weighted by atomic mass is 10.1. The van der Waals surface area contributed by atoms with Gasteiger partial charge in [-0.1, -0.05) is 30.3 Å². The van der Waals surface area contributed by atoms with Gasteiger partial charge in [-0.05, 0) is 50.1 Å². The minimum atomic E-state index is -0.632. The normalized spacial score (nSPS) is 10.5. The van der Waals surface area contributed by atoms with Gasteiger partial charge in [0.1, 0.15) is 11.3 Å². The summed E-state index contributed by atoms with van der Waals surface area (Å²) in [4.78, 5) is 4.57. The maximum Gasteiger partial charge on any atom is 0.881 e. The van der Waals surface area contributed by atoms with Crippen molar-refractivity contribution >= 4 is 26.8 Å². The highest BCUT2D eigenvalue weighted by Crippen LogP contribution is 2.24. The Morgan fingerprint density at radius 1 is 0.818 bits per heavy atom. The Bertz CT molecular complexity index is 817. The van der Waals surface area contributed by atoms with E-state index in [0.717, 1.165) is 33.7 Å². The van der Waals surface area contributed by atoms with Gasteiger partial charge in [0.2, 0.25) is 0 Å². The van der Waals surface area contributed by atoms with Crippen LogP contribution in [0.15, 0.2) is 48.5 Å². The van der Waals surface area contributed by atoms with E-state index in [1.165, 1.54) is 5.56 Å². The molecule has 0 aliphatic carbocycles. The second-order valence-corrected chi connectivity index (χ2v) is 5.97. The highest BCUT2D eigenvalue weighted by molar-refractivity contribution is 6.21. The first kappa shape index (κ1) is 14.9. The van der Waals surface area contributed by atoms with Gasteiger partial charge in [0.15, 0.2) is 0 Å². The topological polar surface area (TPSA) is 31.4 Å². The number of nitrogens with zero attached hydrogens (tertiary/aromatic N) is 1. The smallest absolute Gasteiger partial charge is 0.616 e. The van der Waals surface area contributed by atoms with E-state index in [2.05, 4.69) is 31.0 Å². The van der Waals surface area contributed by atoms with Gasteiger partial charge in [-0.3, -0.25) is 0 Å². The molecule has 0 aliphatic heterocycles. The second kappa shape index (κ2) is 6.39. The molecule has 0 amide bonds. The number of benzene rings is 2. The Labute approximate surface area is 137 Å². The molecule has 0 atom stereocenters. The Hall–Kier alpha value is -2.02. The molecule has 0 bridgehead atoms. The summed E-state index contributed by atoms with van der Waals surface area (Å²) in [5.74, 6) is 1.67. The first-order valence-corrected chi connectivity index (χ1v) is 8.17. The number of para-hydroxylation sites is 1. The van der Waals surface area contributed by atoms with Crippen molar-refractivity contribution in [2.75, 3.05) is 0 Å². The van der Waals surface area contributed by atoms with Gasteiger partial charge in [-0.25, -0.2) is 4.98 Å². The summed E-state index contributed by atoms with van der Waals surface area (Å²) in [6.07, 6.45) is 0. The third-order valence-electron chi connectivity index (χ3n) is 3.73. The third-order valence-corrected chi connectivity index (χ3v) is 4.43. The minimum Gasteiger partial charge on any atom is -0.616 e. The van der Waals surface area contributed by atoms with Gasteiger partial charge < -0.3 is 7.58 Å². The summed E-state index contributed by atoms with van der Waals surface area (Å²) in [6, 6.07) is 16.1. The van der Waals surface area contributed by atoms with Gasteiger partial charge in [-0.2, -0.15) is 0 Å². The van der Waals surface area contributed by atoms with E-state index >= 15 is 0 Å². The Morgan fingerprint density at radius 3 is 2.41 bits per heavy atom. The molecule has 22 heavy (non-hydrogen) atoms. The van der Waals surface area contributed by atoms with Gasteiger partial charge in [0.25, 0.3) is 0 Å². The summed E-state index contributed by atoms with van der Waals surface area (Å²) in [5.41, 5.74) is 4.25. The van der Waals surface area contributed by atoms with Crippen molar-refractivity contribution in [1.29, 1.82) is 0 Å². The van der Waals surface area contributed by atoms with Crippen LogP contribution in [0.2, 0.25) is 0 Å². The number of pyridine rings is 1. The van der Waals surface area contributed by atoms with Crippen molar-refractivity contribution in [2.24, 2.45) is 0 Å². The zero-order chi connectivity index (χ0) is 15.5. The molecule has 109 valence electrons. The molecule has 1 heterocycles. The summed E-state index contributed by atoms with van der Waals surface area (Å²) in [5, 5.41) is 1.08. The molecule has 2 aromatic carbocycles. The van der Waals surface area contributed by atoms with Crippen LogP contribution in [0.3, 0.4) is 0 Å². The monoisotopic (exact) mass is 306 g/mol.